The number of hydrogen-bond acceptors (Lipinski definition) is 1. The van der Waals surface area contributed by atoms with Crippen LogP contribution >= 0.6 is 34.2 Å². The predicted molar refractivity (Wildman–Crippen MR) is 79.1 cm³/mol. The van der Waals surface area contributed by atoms with Gasteiger partial charge in [-0.05, 0) is 51.9 Å². The average Bonchev–Trinajstić information content (AvgIpc) is 2.29. The highest BCUT2D eigenvalue weighted by Crippen LogP contribution is 2.27. The zero-order chi connectivity index (χ0) is 12.0. The van der Waals surface area contributed by atoms with Gasteiger partial charge in [0.25, 0.3) is 0 Å². The number of halogens is 2. The zero-order valence-electron chi connectivity index (χ0n) is 9.85. The fraction of sp³-hybridized carbons (Fsp3) is 0.692. The predicted octanol–water partition coefficient (Wildman–Crippen LogP) is 5.19. The van der Waals surface area contributed by atoms with Crippen molar-refractivity contribution in [2.24, 2.45) is 0 Å². The molecule has 2 unspecified atom stereocenters. The molecular formula is C13H20ClIO. The molecule has 1 nitrogen and oxygen atoms in total. The van der Waals surface area contributed by atoms with Gasteiger partial charge in [-0.1, -0.05) is 19.6 Å². The third-order valence-corrected chi connectivity index (χ3v) is 4.33. The van der Waals surface area contributed by atoms with E-state index in [9.17, 15) is 0 Å². The summed E-state index contributed by atoms with van der Waals surface area (Å²) in [7, 11) is 0. The molecule has 0 N–H and O–H groups in total. The zero-order valence-corrected chi connectivity index (χ0v) is 12.8. The van der Waals surface area contributed by atoms with Crippen LogP contribution in [-0.2, 0) is 4.74 Å². The lowest BCUT2D eigenvalue weighted by Gasteiger charge is -2.23. The van der Waals surface area contributed by atoms with E-state index >= 15 is 0 Å². The molecule has 0 aromatic carbocycles. The average molecular weight is 355 g/mol. The van der Waals surface area contributed by atoms with E-state index in [1.807, 2.05) is 0 Å². The van der Waals surface area contributed by atoms with Crippen LogP contribution in [0.5, 0.6) is 0 Å². The monoisotopic (exact) mass is 354 g/mol. The third-order valence-electron chi connectivity index (χ3n) is 2.82. The summed E-state index contributed by atoms with van der Waals surface area (Å²) in [6, 6.07) is 0. The van der Waals surface area contributed by atoms with E-state index in [1.165, 1.54) is 3.58 Å². The van der Waals surface area contributed by atoms with E-state index in [-0.39, 0.29) is 5.38 Å². The summed E-state index contributed by atoms with van der Waals surface area (Å²) in [5.74, 6) is 0.898. The number of alkyl halides is 1. The minimum Gasteiger partial charge on any atom is -0.495 e. The Labute approximate surface area is 117 Å². The standard InChI is InChI=1S/C13H20ClIO/c1-3-11(14)5-4-10(2)16-13-8-6-12(15)7-9-13/h6,11,13H,2-5,7-9H2,1H3. The SMILES string of the molecule is C=C(CCC(Cl)CC)OC1CC=C(I)CC1. The quantitative estimate of drug-likeness (QED) is 0.362. The Hall–Kier alpha value is 0.300. The molecule has 0 radical (unpaired) electrons. The van der Waals surface area contributed by atoms with E-state index in [0.717, 1.165) is 44.3 Å². The molecule has 0 aliphatic heterocycles. The molecule has 2 atom stereocenters. The minimum absolute atomic E-state index is 0.257. The molecule has 0 aromatic heterocycles. The Kier molecular flexibility index (Phi) is 6.81. The second-order valence-electron chi connectivity index (χ2n) is 4.25. The molecule has 0 aromatic rings. The van der Waals surface area contributed by atoms with Crippen LogP contribution in [0.25, 0.3) is 0 Å². The molecule has 0 heterocycles. The molecule has 3 heteroatoms. The lowest BCUT2D eigenvalue weighted by Crippen LogP contribution is -2.14. The van der Waals surface area contributed by atoms with Gasteiger partial charge in [0.1, 0.15) is 6.10 Å². The van der Waals surface area contributed by atoms with E-state index in [1.54, 1.807) is 0 Å². The Morgan fingerprint density at radius 1 is 1.75 bits per heavy atom. The van der Waals surface area contributed by atoms with Crippen molar-refractivity contribution in [1.29, 1.82) is 0 Å². The number of hydrogen-bond donors (Lipinski definition) is 0. The maximum Gasteiger partial charge on any atom is 0.102 e. The second kappa shape index (κ2) is 7.59. The van der Waals surface area contributed by atoms with Gasteiger partial charge in [-0.3, -0.25) is 0 Å². The van der Waals surface area contributed by atoms with E-state index in [4.69, 9.17) is 16.3 Å². The summed E-state index contributed by atoms with van der Waals surface area (Å²) in [5, 5.41) is 0.257. The molecule has 0 fully saturated rings. The van der Waals surface area contributed by atoms with Gasteiger partial charge in [0.2, 0.25) is 0 Å². The maximum absolute atomic E-state index is 6.06. The molecular weight excluding hydrogens is 334 g/mol. The van der Waals surface area contributed by atoms with Crippen LogP contribution in [0.4, 0.5) is 0 Å². The van der Waals surface area contributed by atoms with Crippen molar-refractivity contribution >= 4 is 34.2 Å². The summed E-state index contributed by atoms with van der Waals surface area (Å²) in [4.78, 5) is 0. The van der Waals surface area contributed by atoms with Gasteiger partial charge in [-0.2, -0.15) is 0 Å². The Morgan fingerprint density at radius 2 is 2.50 bits per heavy atom. The highest BCUT2D eigenvalue weighted by Gasteiger charge is 2.15. The number of allylic oxidation sites excluding steroid dienone is 2. The second-order valence-corrected chi connectivity index (χ2v) is 6.25. The van der Waals surface area contributed by atoms with E-state index in [2.05, 4.69) is 42.2 Å². The van der Waals surface area contributed by atoms with Gasteiger partial charge >= 0.3 is 0 Å². The summed E-state index contributed by atoms with van der Waals surface area (Å²) in [5.41, 5.74) is 0. The van der Waals surface area contributed by atoms with Gasteiger partial charge in [0, 0.05) is 18.2 Å². The highest BCUT2D eigenvalue weighted by atomic mass is 127. The molecule has 1 rings (SSSR count). The Balaban J connectivity index is 2.19. The van der Waals surface area contributed by atoms with Crippen molar-refractivity contribution in [2.75, 3.05) is 0 Å². The van der Waals surface area contributed by atoms with Crippen LogP contribution in [0.2, 0.25) is 0 Å². The smallest absolute Gasteiger partial charge is 0.102 e. The lowest BCUT2D eigenvalue weighted by atomic mass is 10.0. The summed E-state index contributed by atoms with van der Waals surface area (Å²) >= 11 is 8.46. The van der Waals surface area contributed by atoms with Crippen molar-refractivity contribution in [3.05, 3.63) is 22.0 Å². The van der Waals surface area contributed by atoms with Crippen molar-refractivity contribution in [2.45, 2.75) is 56.9 Å². The fourth-order valence-corrected chi connectivity index (χ4v) is 2.38. The Morgan fingerprint density at radius 3 is 3.06 bits per heavy atom. The molecule has 92 valence electrons. The summed E-state index contributed by atoms with van der Waals surface area (Å²) < 4.78 is 7.29. The maximum atomic E-state index is 6.06. The largest absolute Gasteiger partial charge is 0.495 e. The molecule has 1 aliphatic carbocycles. The molecule has 0 spiro atoms. The van der Waals surface area contributed by atoms with Crippen LogP contribution < -0.4 is 0 Å². The van der Waals surface area contributed by atoms with Gasteiger partial charge in [0.05, 0.1) is 5.76 Å². The molecule has 16 heavy (non-hydrogen) atoms. The van der Waals surface area contributed by atoms with Gasteiger partial charge in [-0.25, -0.2) is 0 Å². The molecule has 0 amide bonds. The van der Waals surface area contributed by atoms with Crippen LogP contribution in [0, 0.1) is 0 Å². The van der Waals surface area contributed by atoms with Crippen LogP contribution in [-0.4, -0.2) is 11.5 Å². The molecule has 0 saturated heterocycles. The minimum atomic E-state index is 0.257. The van der Waals surface area contributed by atoms with Crippen molar-refractivity contribution in [3.8, 4) is 0 Å². The number of ether oxygens (including phenoxy) is 1. The summed E-state index contributed by atoms with van der Waals surface area (Å²) in [6.07, 6.45) is 8.75. The first-order valence-corrected chi connectivity index (χ1v) is 7.46. The Bertz CT molecular complexity index is 263. The van der Waals surface area contributed by atoms with Crippen molar-refractivity contribution in [1.82, 2.24) is 0 Å². The molecule has 1 aliphatic rings. The van der Waals surface area contributed by atoms with E-state index < -0.39 is 0 Å². The van der Waals surface area contributed by atoms with Gasteiger partial charge in [-0.15, -0.1) is 11.6 Å². The fourth-order valence-electron chi connectivity index (χ4n) is 1.70. The van der Waals surface area contributed by atoms with Gasteiger partial charge < -0.3 is 4.74 Å². The molecule has 0 saturated carbocycles. The van der Waals surface area contributed by atoms with Gasteiger partial charge in [0.15, 0.2) is 0 Å². The van der Waals surface area contributed by atoms with E-state index in [0.29, 0.717) is 6.10 Å². The number of rotatable bonds is 6. The van der Waals surface area contributed by atoms with Crippen molar-refractivity contribution in [3.63, 3.8) is 0 Å². The summed E-state index contributed by atoms with van der Waals surface area (Å²) in [6.45, 7) is 6.08. The van der Waals surface area contributed by atoms with Crippen molar-refractivity contribution < 1.29 is 4.74 Å². The third kappa shape index (κ3) is 5.58. The first-order valence-electron chi connectivity index (χ1n) is 5.94. The van der Waals surface area contributed by atoms with Crippen LogP contribution in [0.3, 0.4) is 0 Å². The first-order chi connectivity index (χ1) is 7.61. The molecule has 0 bridgehead atoms. The lowest BCUT2D eigenvalue weighted by molar-refractivity contribution is 0.102. The van der Waals surface area contributed by atoms with Crippen LogP contribution in [0.1, 0.15) is 45.4 Å². The topological polar surface area (TPSA) is 9.23 Å². The first kappa shape index (κ1) is 14.4. The highest BCUT2D eigenvalue weighted by molar-refractivity contribution is 14.1. The van der Waals surface area contributed by atoms with Crippen LogP contribution in [0.15, 0.2) is 22.0 Å². The normalized spacial score (nSPS) is 22.4.